The van der Waals surface area contributed by atoms with Gasteiger partial charge in [-0.25, -0.2) is 4.98 Å². The molecule has 0 bridgehead atoms. The third-order valence-corrected chi connectivity index (χ3v) is 2.95. The minimum absolute atomic E-state index is 0.0413. The standard InChI is InChI=1S/C11H14ClN3O3/c12-9-5-11(17)15(7-13-9)6-10(16)14-8-1-3-18-4-2-8/h5,7-8H,1-4,6H2,(H,14,16). The highest BCUT2D eigenvalue weighted by Crippen LogP contribution is 2.05. The van der Waals surface area contributed by atoms with Crippen LogP contribution in [0.5, 0.6) is 0 Å². The first kappa shape index (κ1) is 13.0. The summed E-state index contributed by atoms with van der Waals surface area (Å²) in [6, 6.07) is 1.31. The molecule has 1 aliphatic rings. The summed E-state index contributed by atoms with van der Waals surface area (Å²) in [4.78, 5) is 27.0. The largest absolute Gasteiger partial charge is 0.381 e. The molecule has 1 saturated heterocycles. The fraction of sp³-hybridized carbons (Fsp3) is 0.545. The number of hydrogen-bond donors (Lipinski definition) is 1. The van der Waals surface area contributed by atoms with Crippen molar-refractivity contribution in [3.05, 3.63) is 27.9 Å². The maximum absolute atomic E-state index is 11.7. The zero-order chi connectivity index (χ0) is 13.0. The number of nitrogens with one attached hydrogen (secondary N) is 1. The Morgan fingerprint density at radius 1 is 1.56 bits per heavy atom. The highest BCUT2D eigenvalue weighted by molar-refractivity contribution is 6.29. The van der Waals surface area contributed by atoms with Gasteiger partial charge in [0.25, 0.3) is 5.56 Å². The maximum Gasteiger partial charge on any atom is 0.255 e. The van der Waals surface area contributed by atoms with Gasteiger partial charge in [-0.2, -0.15) is 0 Å². The van der Waals surface area contributed by atoms with Crippen molar-refractivity contribution in [2.45, 2.75) is 25.4 Å². The number of aromatic nitrogens is 2. The van der Waals surface area contributed by atoms with Crippen molar-refractivity contribution in [2.24, 2.45) is 0 Å². The van der Waals surface area contributed by atoms with E-state index in [9.17, 15) is 9.59 Å². The molecule has 98 valence electrons. The monoisotopic (exact) mass is 271 g/mol. The molecule has 6 nitrogen and oxygen atoms in total. The molecule has 0 radical (unpaired) electrons. The lowest BCUT2D eigenvalue weighted by molar-refractivity contribution is -0.123. The molecular formula is C11H14ClN3O3. The number of halogens is 1. The van der Waals surface area contributed by atoms with Crippen molar-refractivity contribution < 1.29 is 9.53 Å². The summed E-state index contributed by atoms with van der Waals surface area (Å²) in [6.07, 6.45) is 2.88. The van der Waals surface area contributed by atoms with Gasteiger partial charge in [0, 0.05) is 25.3 Å². The van der Waals surface area contributed by atoms with Crippen LogP contribution in [0.1, 0.15) is 12.8 Å². The van der Waals surface area contributed by atoms with Crippen LogP contribution in [-0.2, 0) is 16.1 Å². The van der Waals surface area contributed by atoms with Gasteiger partial charge < -0.3 is 10.1 Å². The van der Waals surface area contributed by atoms with Gasteiger partial charge in [0.05, 0.1) is 6.33 Å². The van der Waals surface area contributed by atoms with Crippen molar-refractivity contribution in [1.82, 2.24) is 14.9 Å². The summed E-state index contributed by atoms with van der Waals surface area (Å²) in [5.41, 5.74) is -0.336. The van der Waals surface area contributed by atoms with Gasteiger partial charge in [-0.15, -0.1) is 0 Å². The first-order chi connectivity index (χ1) is 8.65. The van der Waals surface area contributed by atoms with E-state index in [0.29, 0.717) is 13.2 Å². The second-order valence-electron chi connectivity index (χ2n) is 4.13. The van der Waals surface area contributed by atoms with Gasteiger partial charge >= 0.3 is 0 Å². The Balaban J connectivity index is 1.92. The molecule has 0 atom stereocenters. The lowest BCUT2D eigenvalue weighted by Crippen LogP contribution is -2.41. The molecule has 0 spiro atoms. The molecule has 1 aliphatic heterocycles. The molecule has 7 heteroatoms. The topological polar surface area (TPSA) is 73.2 Å². The molecule has 1 N–H and O–H groups in total. The summed E-state index contributed by atoms with van der Waals surface area (Å²) in [5, 5.41) is 3.00. The predicted octanol–water partition coefficient (Wildman–Crippen LogP) is 0.192. The molecule has 0 aromatic carbocycles. The average Bonchev–Trinajstić information content (AvgIpc) is 2.34. The third-order valence-electron chi connectivity index (χ3n) is 2.75. The van der Waals surface area contributed by atoms with Crippen LogP contribution in [0.25, 0.3) is 0 Å². The van der Waals surface area contributed by atoms with E-state index >= 15 is 0 Å². The molecule has 1 amide bonds. The number of carbonyl (C=O) groups is 1. The van der Waals surface area contributed by atoms with Crippen LogP contribution in [0.3, 0.4) is 0 Å². The Morgan fingerprint density at radius 3 is 2.94 bits per heavy atom. The van der Waals surface area contributed by atoms with E-state index in [1.165, 1.54) is 17.0 Å². The van der Waals surface area contributed by atoms with E-state index in [1.807, 2.05) is 0 Å². The lowest BCUT2D eigenvalue weighted by atomic mass is 10.1. The van der Waals surface area contributed by atoms with Crippen LogP contribution >= 0.6 is 11.6 Å². The molecule has 2 heterocycles. The zero-order valence-corrected chi connectivity index (χ0v) is 10.5. The van der Waals surface area contributed by atoms with E-state index in [4.69, 9.17) is 16.3 Å². The van der Waals surface area contributed by atoms with Gasteiger partial charge in [0.15, 0.2) is 0 Å². The fourth-order valence-electron chi connectivity index (χ4n) is 1.79. The number of ether oxygens (including phenoxy) is 1. The van der Waals surface area contributed by atoms with E-state index in [1.54, 1.807) is 0 Å². The molecule has 1 aromatic heterocycles. The second-order valence-corrected chi connectivity index (χ2v) is 4.52. The Hall–Kier alpha value is -1.40. The third kappa shape index (κ3) is 3.54. The van der Waals surface area contributed by atoms with Crippen LogP contribution in [0.2, 0.25) is 5.15 Å². The summed E-state index contributed by atoms with van der Waals surface area (Å²) >= 11 is 5.57. The number of hydrogen-bond acceptors (Lipinski definition) is 4. The molecule has 0 unspecified atom stereocenters. The van der Waals surface area contributed by atoms with Crippen LogP contribution in [-0.4, -0.2) is 34.7 Å². The van der Waals surface area contributed by atoms with Crippen LogP contribution in [0.4, 0.5) is 0 Å². The Labute approximate surface area is 109 Å². The minimum atomic E-state index is -0.336. The Bertz CT molecular complexity index is 483. The summed E-state index contributed by atoms with van der Waals surface area (Å²) in [7, 11) is 0. The Kier molecular flexibility index (Phi) is 4.33. The van der Waals surface area contributed by atoms with Gasteiger partial charge in [-0.1, -0.05) is 11.6 Å². The van der Waals surface area contributed by atoms with E-state index in [2.05, 4.69) is 10.3 Å². The number of carbonyl (C=O) groups excluding carboxylic acids is 1. The highest BCUT2D eigenvalue weighted by atomic mass is 35.5. The molecular weight excluding hydrogens is 258 g/mol. The molecule has 2 rings (SSSR count). The van der Waals surface area contributed by atoms with Crippen LogP contribution in [0, 0.1) is 0 Å². The van der Waals surface area contributed by atoms with Crippen molar-refractivity contribution in [2.75, 3.05) is 13.2 Å². The molecule has 1 fully saturated rings. The van der Waals surface area contributed by atoms with Gasteiger partial charge in [-0.3, -0.25) is 14.2 Å². The SMILES string of the molecule is O=C(Cn1cnc(Cl)cc1=O)NC1CCOCC1. The Morgan fingerprint density at radius 2 is 2.28 bits per heavy atom. The van der Waals surface area contributed by atoms with E-state index in [-0.39, 0.29) is 29.2 Å². The number of rotatable bonds is 3. The van der Waals surface area contributed by atoms with Crippen molar-refractivity contribution in [3.63, 3.8) is 0 Å². The highest BCUT2D eigenvalue weighted by Gasteiger charge is 2.16. The molecule has 1 aromatic rings. The van der Waals surface area contributed by atoms with Crippen molar-refractivity contribution in [1.29, 1.82) is 0 Å². The zero-order valence-electron chi connectivity index (χ0n) is 9.76. The van der Waals surface area contributed by atoms with Crippen molar-refractivity contribution in [3.8, 4) is 0 Å². The van der Waals surface area contributed by atoms with E-state index < -0.39 is 0 Å². The first-order valence-electron chi connectivity index (χ1n) is 5.74. The summed E-state index contributed by atoms with van der Waals surface area (Å²) < 4.78 is 6.42. The summed E-state index contributed by atoms with van der Waals surface area (Å²) in [6.45, 7) is 1.28. The maximum atomic E-state index is 11.7. The first-order valence-corrected chi connectivity index (χ1v) is 6.12. The van der Waals surface area contributed by atoms with Gasteiger partial charge in [0.1, 0.15) is 11.7 Å². The molecule has 0 saturated carbocycles. The second kappa shape index (κ2) is 5.97. The summed E-state index contributed by atoms with van der Waals surface area (Å²) in [5.74, 6) is -0.201. The molecule has 18 heavy (non-hydrogen) atoms. The van der Waals surface area contributed by atoms with Gasteiger partial charge in [0.2, 0.25) is 5.91 Å². The predicted molar refractivity (Wildman–Crippen MR) is 65.5 cm³/mol. The van der Waals surface area contributed by atoms with Crippen molar-refractivity contribution >= 4 is 17.5 Å². The molecule has 0 aliphatic carbocycles. The average molecular weight is 272 g/mol. The van der Waals surface area contributed by atoms with E-state index in [0.717, 1.165) is 12.8 Å². The number of amides is 1. The van der Waals surface area contributed by atoms with Crippen LogP contribution < -0.4 is 10.9 Å². The lowest BCUT2D eigenvalue weighted by Gasteiger charge is -2.23. The fourth-order valence-corrected chi connectivity index (χ4v) is 1.93. The minimum Gasteiger partial charge on any atom is -0.381 e. The number of nitrogens with zero attached hydrogens (tertiary/aromatic N) is 2. The normalized spacial score (nSPS) is 16.5. The smallest absolute Gasteiger partial charge is 0.255 e. The van der Waals surface area contributed by atoms with Crippen LogP contribution in [0.15, 0.2) is 17.2 Å². The quantitative estimate of drug-likeness (QED) is 0.797. The van der Waals surface area contributed by atoms with Gasteiger partial charge in [-0.05, 0) is 12.8 Å².